The molecular formula is C23H27BrN2O4. The molecule has 2 amide bonds. The van der Waals surface area contributed by atoms with Gasteiger partial charge in [0.2, 0.25) is 0 Å². The third-order valence-corrected chi connectivity index (χ3v) is 5.46. The van der Waals surface area contributed by atoms with Gasteiger partial charge in [-0.1, -0.05) is 19.4 Å². The summed E-state index contributed by atoms with van der Waals surface area (Å²) in [7, 11) is 0. The molecule has 0 spiro atoms. The summed E-state index contributed by atoms with van der Waals surface area (Å²) >= 11 is 3.47. The highest BCUT2D eigenvalue weighted by molar-refractivity contribution is 9.10. The van der Waals surface area contributed by atoms with Crippen molar-refractivity contribution < 1.29 is 19.1 Å². The lowest BCUT2D eigenvalue weighted by atomic mass is 10.1. The van der Waals surface area contributed by atoms with Crippen molar-refractivity contribution in [2.75, 3.05) is 25.1 Å². The number of hydrogen-bond donors (Lipinski definition) is 2. The van der Waals surface area contributed by atoms with Gasteiger partial charge in [-0.05, 0) is 71.6 Å². The highest BCUT2D eigenvalue weighted by Crippen LogP contribution is 2.27. The Bertz CT molecular complexity index is 881. The predicted octanol–water partition coefficient (Wildman–Crippen LogP) is 4.79. The van der Waals surface area contributed by atoms with Crippen LogP contribution in [-0.4, -0.2) is 37.7 Å². The molecule has 1 aliphatic rings. The Hall–Kier alpha value is -2.38. The van der Waals surface area contributed by atoms with Crippen molar-refractivity contribution in [1.82, 2.24) is 5.32 Å². The average molecular weight is 475 g/mol. The van der Waals surface area contributed by atoms with Gasteiger partial charge in [-0.15, -0.1) is 0 Å². The summed E-state index contributed by atoms with van der Waals surface area (Å²) in [5.41, 5.74) is 1.57. The first kappa shape index (κ1) is 22.3. The molecule has 2 aromatic carbocycles. The van der Waals surface area contributed by atoms with Crippen LogP contribution in [0.1, 0.15) is 53.3 Å². The zero-order valence-electron chi connectivity index (χ0n) is 17.1. The minimum absolute atomic E-state index is 0.131. The van der Waals surface area contributed by atoms with E-state index in [2.05, 4.69) is 33.5 Å². The van der Waals surface area contributed by atoms with Gasteiger partial charge in [-0.25, -0.2) is 0 Å². The van der Waals surface area contributed by atoms with E-state index in [0.29, 0.717) is 40.2 Å². The molecule has 2 N–H and O–H groups in total. The van der Waals surface area contributed by atoms with Crippen molar-refractivity contribution in [3.8, 4) is 5.75 Å². The van der Waals surface area contributed by atoms with E-state index in [1.54, 1.807) is 42.5 Å². The van der Waals surface area contributed by atoms with Crippen LogP contribution in [0.3, 0.4) is 0 Å². The molecule has 1 heterocycles. The third-order valence-electron chi connectivity index (χ3n) is 4.84. The molecule has 160 valence electrons. The highest BCUT2D eigenvalue weighted by atomic mass is 79.9. The minimum Gasteiger partial charge on any atom is -0.490 e. The van der Waals surface area contributed by atoms with Crippen LogP contribution >= 0.6 is 15.9 Å². The van der Waals surface area contributed by atoms with Crippen LogP contribution in [-0.2, 0) is 4.74 Å². The molecule has 3 rings (SSSR count). The first-order valence-corrected chi connectivity index (χ1v) is 11.1. The fraction of sp³-hybridized carbons (Fsp3) is 0.391. The highest BCUT2D eigenvalue weighted by Gasteiger charge is 2.17. The van der Waals surface area contributed by atoms with Gasteiger partial charge in [0.1, 0.15) is 12.4 Å². The number of hydrogen-bond acceptors (Lipinski definition) is 4. The quantitative estimate of drug-likeness (QED) is 0.512. The van der Waals surface area contributed by atoms with Crippen molar-refractivity contribution in [2.24, 2.45) is 0 Å². The number of ether oxygens (including phenoxy) is 2. The summed E-state index contributed by atoms with van der Waals surface area (Å²) in [6.07, 6.45) is 4.16. The zero-order chi connectivity index (χ0) is 21.3. The van der Waals surface area contributed by atoms with E-state index >= 15 is 0 Å². The monoisotopic (exact) mass is 474 g/mol. The molecule has 0 bridgehead atoms. The zero-order valence-corrected chi connectivity index (χ0v) is 18.7. The summed E-state index contributed by atoms with van der Waals surface area (Å²) in [5, 5.41) is 5.72. The topological polar surface area (TPSA) is 76.7 Å². The second-order valence-corrected chi connectivity index (χ2v) is 8.09. The molecule has 1 atom stereocenters. The maximum atomic E-state index is 12.6. The smallest absolute Gasteiger partial charge is 0.255 e. The third kappa shape index (κ3) is 6.31. The summed E-state index contributed by atoms with van der Waals surface area (Å²) < 4.78 is 12.1. The lowest BCUT2D eigenvalue weighted by molar-refractivity contribution is 0.0677. The lowest BCUT2D eigenvalue weighted by Crippen LogP contribution is -2.24. The fourth-order valence-electron chi connectivity index (χ4n) is 3.14. The number of benzene rings is 2. The van der Waals surface area contributed by atoms with Gasteiger partial charge in [-0.2, -0.15) is 0 Å². The number of anilines is 1. The number of halogens is 1. The van der Waals surface area contributed by atoms with Crippen molar-refractivity contribution in [1.29, 1.82) is 0 Å². The Labute approximate surface area is 185 Å². The lowest BCUT2D eigenvalue weighted by Gasteiger charge is -2.13. The van der Waals surface area contributed by atoms with Gasteiger partial charge in [0.25, 0.3) is 11.8 Å². The van der Waals surface area contributed by atoms with Crippen LogP contribution in [0.4, 0.5) is 5.69 Å². The Kier molecular flexibility index (Phi) is 8.28. The molecule has 0 aliphatic carbocycles. The average Bonchev–Trinajstić information content (AvgIpc) is 3.27. The van der Waals surface area contributed by atoms with Crippen LogP contribution in [0.15, 0.2) is 46.9 Å². The van der Waals surface area contributed by atoms with E-state index in [4.69, 9.17) is 9.47 Å². The standard InChI is InChI=1S/C23H27BrN2O4/c1-2-3-11-25-22(27)16-6-4-7-18(13-16)26-23(28)17-9-10-21(20(24)14-17)30-15-19-8-5-12-29-19/h4,6-7,9-10,13-14,19H,2-3,5,8,11-12,15H2,1H3,(H,25,27)(H,26,28). The Morgan fingerprint density at radius 3 is 2.73 bits per heavy atom. The summed E-state index contributed by atoms with van der Waals surface area (Å²) in [5.74, 6) is 0.271. The molecule has 6 nitrogen and oxygen atoms in total. The molecule has 1 unspecified atom stereocenters. The van der Waals surface area contributed by atoms with Crippen LogP contribution in [0.5, 0.6) is 5.75 Å². The van der Waals surface area contributed by atoms with Crippen LogP contribution < -0.4 is 15.4 Å². The van der Waals surface area contributed by atoms with Gasteiger partial charge in [-0.3, -0.25) is 9.59 Å². The van der Waals surface area contributed by atoms with Crippen LogP contribution in [0.25, 0.3) is 0 Å². The number of carbonyl (C=O) groups is 2. The molecule has 1 fully saturated rings. The fourth-order valence-corrected chi connectivity index (χ4v) is 3.63. The Morgan fingerprint density at radius 1 is 1.17 bits per heavy atom. The second-order valence-electron chi connectivity index (χ2n) is 7.24. The van der Waals surface area contributed by atoms with Gasteiger partial charge in [0.15, 0.2) is 0 Å². The first-order valence-electron chi connectivity index (χ1n) is 10.3. The molecule has 0 aromatic heterocycles. The second kappa shape index (κ2) is 11.1. The van der Waals surface area contributed by atoms with Crippen molar-refractivity contribution in [3.63, 3.8) is 0 Å². The Morgan fingerprint density at radius 2 is 2.00 bits per heavy atom. The van der Waals surface area contributed by atoms with Crippen molar-refractivity contribution >= 4 is 33.4 Å². The predicted molar refractivity (Wildman–Crippen MR) is 120 cm³/mol. The van der Waals surface area contributed by atoms with Crippen LogP contribution in [0.2, 0.25) is 0 Å². The number of amides is 2. The SMILES string of the molecule is CCCCNC(=O)c1cccc(NC(=O)c2ccc(OCC3CCCO3)c(Br)c2)c1. The van der Waals surface area contributed by atoms with Crippen molar-refractivity contribution in [2.45, 2.75) is 38.7 Å². The van der Waals surface area contributed by atoms with Gasteiger partial charge < -0.3 is 20.1 Å². The van der Waals surface area contributed by atoms with Crippen LogP contribution in [0, 0.1) is 0 Å². The molecule has 1 saturated heterocycles. The largest absolute Gasteiger partial charge is 0.490 e. The maximum absolute atomic E-state index is 12.6. The van der Waals surface area contributed by atoms with E-state index in [0.717, 1.165) is 32.3 Å². The molecule has 1 aliphatic heterocycles. The van der Waals surface area contributed by atoms with E-state index in [1.807, 2.05) is 0 Å². The number of nitrogens with one attached hydrogen (secondary N) is 2. The Balaban J connectivity index is 1.59. The molecular weight excluding hydrogens is 448 g/mol. The number of carbonyl (C=O) groups excluding carboxylic acids is 2. The normalized spacial score (nSPS) is 15.6. The van der Waals surface area contributed by atoms with Gasteiger partial charge in [0, 0.05) is 30.0 Å². The van der Waals surface area contributed by atoms with E-state index < -0.39 is 0 Å². The van der Waals surface area contributed by atoms with Gasteiger partial charge >= 0.3 is 0 Å². The maximum Gasteiger partial charge on any atom is 0.255 e. The molecule has 2 aromatic rings. The minimum atomic E-state index is -0.259. The van der Waals surface area contributed by atoms with Gasteiger partial charge in [0.05, 0.1) is 10.6 Å². The molecule has 30 heavy (non-hydrogen) atoms. The van der Waals surface area contributed by atoms with E-state index in [1.165, 1.54) is 0 Å². The summed E-state index contributed by atoms with van der Waals surface area (Å²) in [6, 6.07) is 12.1. The summed E-state index contributed by atoms with van der Waals surface area (Å²) in [4.78, 5) is 24.9. The molecule has 0 saturated carbocycles. The molecule has 7 heteroatoms. The summed E-state index contributed by atoms with van der Waals surface area (Å²) in [6.45, 7) is 4.00. The molecule has 0 radical (unpaired) electrons. The van der Waals surface area contributed by atoms with E-state index in [9.17, 15) is 9.59 Å². The number of unbranched alkanes of at least 4 members (excludes halogenated alkanes) is 1. The van der Waals surface area contributed by atoms with Crippen molar-refractivity contribution in [3.05, 3.63) is 58.1 Å². The van der Waals surface area contributed by atoms with E-state index in [-0.39, 0.29) is 17.9 Å². The first-order chi connectivity index (χ1) is 14.6. The number of rotatable bonds is 9.